The van der Waals surface area contributed by atoms with Gasteiger partial charge in [0.25, 0.3) is 0 Å². The van der Waals surface area contributed by atoms with Crippen molar-refractivity contribution in [3.8, 4) is 0 Å². The zero-order chi connectivity index (χ0) is 18.9. The highest BCUT2D eigenvalue weighted by Crippen LogP contribution is 2.11. The molecule has 0 aromatic heterocycles. The normalized spacial score (nSPS) is 11.5. The third-order valence-corrected chi connectivity index (χ3v) is 4.66. The van der Waals surface area contributed by atoms with Gasteiger partial charge in [0.2, 0.25) is 5.91 Å². The molecule has 1 amide bonds. The van der Waals surface area contributed by atoms with E-state index in [1.165, 1.54) is 44.9 Å². The zero-order valence-electron chi connectivity index (χ0n) is 17.9. The van der Waals surface area contributed by atoms with Crippen LogP contribution in [0, 0.1) is 0 Å². The molecule has 0 spiro atoms. The van der Waals surface area contributed by atoms with Gasteiger partial charge in [0, 0.05) is 19.5 Å². The number of nitrogens with zero attached hydrogens (tertiary/aromatic N) is 3. The maximum atomic E-state index is 12.6. The minimum Gasteiger partial charge on any atom is -0.343 e. The molecule has 0 saturated heterocycles. The lowest BCUT2D eigenvalue weighted by molar-refractivity contribution is -0.131. The van der Waals surface area contributed by atoms with Gasteiger partial charge in [0.15, 0.2) is 0 Å². The van der Waals surface area contributed by atoms with Gasteiger partial charge >= 0.3 is 0 Å². The van der Waals surface area contributed by atoms with Crippen molar-refractivity contribution in [1.82, 2.24) is 14.7 Å². The van der Waals surface area contributed by atoms with Gasteiger partial charge in [-0.3, -0.25) is 4.79 Å². The minimum absolute atomic E-state index is 0.364. The Kier molecular flexibility index (Phi) is 16.4. The minimum atomic E-state index is 0.364. The van der Waals surface area contributed by atoms with E-state index < -0.39 is 0 Å². The largest absolute Gasteiger partial charge is 0.343 e. The van der Waals surface area contributed by atoms with Crippen LogP contribution in [0.3, 0.4) is 0 Å². The summed E-state index contributed by atoms with van der Waals surface area (Å²) in [6.07, 6.45) is 13.2. The van der Waals surface area contributed by atoms with E-state index in [-0.39, 0.29) is 0 Å². The molecule has 150 valence electrons. The van der Waals surface area contributed by atoms with E-state index in [9.17, 15) is 4.79 Å². The fourth-order valence-electron chi connectivity index (χ4n) is 3.09. The Morgan fingerprint density at radius 2 is 1.04 bits per heavy atom. The molecule has 4 nitrogen and oxygen atoms in total. The Morgan fingerprint density at radius 1 is 0.600 bits per heavy atom. The summed E-state index contributed by atoms with van der Waals surface area (Å²) in [5.41, 5.74) is 0. The molecule has 0 aliphatic heterocycles. The molecular weight excluding hydrogens is 310 g/mol. The number of hydrogen-bond donors (Lipinski definition) is 0. The molecule has 0 bridgehead atoms. The predicted molar refractivity (Wildman–Crippen MR) is 110 cm³/mol. The lowest BCUT2D eigenvalue weighted by Crippen LogP contribution is -2.35. The van der Waals surface area contributed by atoms with E-state index in [0.29, 0.717) is 5.91 Å². The monoisotopic (exact) mass is 355 g/mol. The number of carbonyl (C=O) groups excluding carboxylic acids is 1. The Bertz CT molecular complexity index is 292. The van der Waals surface area contributed by atoms with Crippen molar-refractivity contribution in [1.29, 1.82) is 0 Å². The predicted octanol–water partition coefficient (Wildman–Crippen LogP) is 4.25. The molecule has 0 N–H and O–H groups in total. The summed E-state index contributed by atoms with van der Waals surface area (Å²) in [4.78, 5) is 19.1. The SMILES string of the molecule is CCCCCCCCCCC(=O)N(CCCN(C)C)CCCN(C)C. The summed E-state index contributed by atoms with van der Waals surface area (Å²) in [5, 5.41) is 0. The number of rotatable bonds is 17. The molecule has 0 fully saturated rings. The van der Waals surface area contributed by atoms with Crippen LogP contribution in [0.1, 0.15) is 77.6 Å². The average Bonchev–Trinajstić information content (AvgIpc) is 2.55. The number of hydrogen-bond acceptors (Lipinski definition) is 3. The second-order valence-electron chi connectivity index (χ2n) is 7.92. The van der Waals surface area contributed by atoms with Gasteiger partial charge in [0.05, 0.1) is 0 Å². The number of amides is 1. The molecule has 25 heavy (non-hydrogen) atoms. The average molecular weight is 356 g/mol. The van der Waals surface area contributed by atoms with E-state index >= 15 is 0 Å². The van der Waals surface area contributed by atoms with Crippen molar-refractivity contribution in [2.75, 3.05) is 54.4 Å². The molecule has 0 aliphatic rings. The third kappa shape index (κ3) is 16.6. The lowest BCUT2D eigenvalue weighted by Gasteiger charge is -2.24. The van der Waals surface area contributed by atoms with Crippen molar-refractivity contribution in [2.24, 2.45) is 0 Å². The molecule has 0 unspecified atom stereocenters. The van der Waals surface area contributed by atoms with Crippen LogP contribution in [0.4, 0.5) is 0 Å². The van der Waals surface area contributed by atoms with Crippen molar-refractivity contribution in [3.63, 3.8) is 0 Å². The van der Waals surface area contributed by atoms with E-state index in [2.05, 4.69) is 49.8 Å². The van der Waals surface area contributed by atoms with Gasteiger partial charge in [-0.25, -0.2) is 0 Å². The van der Waals surface area contributed by atoms with Crippen molar-refractivity contribution in [2.45, 2.75) is 77.6 Å². The van der Waals surface area contributed by atoms with Gasteiger partial charge in [-0.1, -0.05) is 51.9 Å². The van der Waals surface area contributed by atoms with E-state index in [1.54, 1.807) is 0 Å². The fraction of sp³-hybridized carbons (Fsp3) is 0.952. The van der Waals surface area contributed by atoms with Crippen LogP contribution in [0.2, 0.25) is 0 Å². The van der Waals surface area contributed by atoms with Crippen molar-refractivity contribution in [3.05, 3.63) is 0 Å². The van der Waals surface area contributed by atoms with Crippen molar-refractivity contribution < 1.29 is 4.79 Å². The molecule has 0 aromatic rings. The van der Waals surface area contributed by atoms with Crippen LogP contribution in [0.5, 0.6) is 0 Å². The summed E-state index contributed by atoms with van der Waals surface area (Å²) in [6, 6.07) is 0. The van der Waals surface area contributed by atoms with Crippen LogP contribution in [-0.2, 0) is 4.79 Å². The first kappa shape index (κ1) is 24.4. The summed E-state index contributed by atoms with van der Waals surface area (Å²) >= 11 is 0. The highest BCUT2D eigenvalue weighted by atomic mass is 16.2. The van der Waals surface area contributed by atoms with E-state index in [0.717, 1.165) is 51.9 Å². The van der Waals surface area contributed by atoms with E-state index in [1.807, 2.05) is 0 Å². The molecule has 0 radical (unpaired) electrons. The first-order valence-corrected chi connectivity index (χ1v) is 10.5. The standard InChI is InChI=1S/C21H45N3O/c1-6-7-8-9-10-11-12-13-16-21(25)24(19-14-17-22(2)3)20-15-18-23(4)5/h6-20H2,1-5H3. The maximum Gasteiger partial charge on any atom is 0.222 e. The smallest absolute Gasteiger partial charge is 0.222 e. The van der Waals surface area contributed by atoms with Crippen LogP contribution in [0.15, 0.2) is 0 Å². The second-order valence-corrected chi connectivity index (χ2v) is 7.92. The summed E-state index contributed by atoms with van der Waals surface area (Å²) in [5.74, 6) is 0.364. The Labute approximate surface area is 157 Å². The highest BCUT2D eigenvalue weighted by molar-refractivity contribution is 5.76. The molecular formula is C21H45N3O. The Hall–Kier alpha value is -0.610. The number of carbonyl (C=O) groups is 1. The van der Waals surface area contributed by atoms with Gasteiger partial charge in [0.1, 0.15) is 0 Å². The zero-order valence-corrected chi connectivity index (χ0v) is 17.9. The van der Waals surface area contributed by atoms with Crippen molar-refractivity contribution >= 4 is 5.91 Å². The highest BCUT2D eigenvalue weighted by Gasteiger charge is 2.12. The van der Waals surface area contributed by atoms with Gasteiger partial charge < -0.3 is 14.7 Å². The summed E-state index contributed by atoms with van der Waals surface area (Å²) in [6.45, 7) is 6.17. The fourth-order valence-corrected chi connectivity index (χ4v) is 3.09. The topological polar surface area (TPSA) is 26.8 Å². The molecule has 4 heteroatoms. The molecule has 0 heterocycles. The third-order valence-electron chi connectivity index (χ3n) is 4.66. The first-order chi connectivity index (χ1) is 12.0. The quantitative estimate of drug-likeness (QED) is 0.365. The molecule has 0 aromatic carbocycles. The number of unbranched alkanes of at least 4 members (excludes halogenated alkanes) is 7. The molecule has 0 rings (SSSR count). The summed E-state index contributed by atoms with van der Waals surface area (Å²) < 4.78 is 0. The van der Waals surface area contributed by atoms with Crippen LogP contribution >= 0.6 is 0 Å². The molecule has 0 aliphatic carbocycles. The van der Waals surface area contributed by atoms with Crippen LogP contribution in [0.25, 0.3) is 0 Å². The van der Waals surface area contributed by atoms with E-state index in [4.69, 9.17) is 0 Å². The lowest BCUT2D eigenvalue weighted by atomic mass is 10.1. The first-order valence-electron chi connectivity index (χ1n) is 10.5. The van der Waals surface area contributed by atoms with Crippen LogP contribution < -0.4 is 0 Å². The molecule has 0 saturated carbocycles. The molecule has 0 atom stereocenters. The summed E-state index contributed by atoms with van der Waals surface area (Å²) in [7, 11) is 8.38. The van der Waals surface area contributed by atoms with Gasteiger partial charge in [-0.05, 0) is 60.5 Å². The Morgan fingerprint density at radius 3 is 1.48 bits per heavy atom. The Balaban J connectivity index is 3.96. The van der Waals surface area contributed by atoms with Crippen LogP contribution in [-0.4, -0.2) is 75.0 Å². The maximum absolute atomic E-state index is 12.6. The van der Waals surface area contributed by atoms with Gasteiger partial charge in [-0.2, -0.15) is 0 Å². The van der Waals surface area contributed by atoms with Gasteiger partial charge in [-0.15, -0.1) is 0 Å². The second kappa shape index (κ2) is 16.8.